The first-order chi connectivity index (χ1) is 18.3. The van der Waals surface area contributed by atoms with E-state index in [1.54, 1.807) is 0 Å². The monoisotopic (exact) mass is 508 g/mol. The lowest BCUT2D eigenvalue weighted by Crippen LogP contribution is -2.74. The fraction of sp³-hybridized carbons (Fsp3) is 0.583. The number of hydrogen-bond acceptors (Lipinski definition) is 2. The summed E-state index contributed by atoms with van der Waals surface area (Å²) in [6.07, 6.45) is 13.2. The zero-order valence-corrected chi connectivity index (χ0v) is 23.5. The highest BCUT2D eigenvalue weighted by Gasteiger charge is 2.74. The molecule has 8 rings (SSSR count). The van der Waals surface area contributed by atoms with Crippen LogP contribution in [0.1, 0.15) is 89.7 Å². The summed E-state index contributed by atoms with van der Waals surface area (Å²) in [5, 5.41) is 0. The van der Waals surface area contributed by atoms with Crippen molar-refractivity contribution in [3.63, 3.8) is 0 Å². The molecule has 4 saturated carbocycles. The molecule has 4 bridgehead atoms. The van der Waals surface area contributed by atoms with E-state index < -0.39 is 5.60 Å². The Kier molecular flexibility index (Phi) is 5.82. The molecule has 2 saturated heterocycles. The predicted octanol–water partition coefficient (Wildman–Crippen LogP) is 8.50. The summed E-state index contributed by atoms with van der Waals surface area (Å²) in [7, 11) is 0. The van der Waals surface area contributed by atoms with Crippen LogP contribution in [0, 0.1) is 40.4 Å². The molecule has 200 valence electrons. The number of ketones is 1. The molecule has 0 amide bonds. The van der Waals surface area contributed by atoms with Crippen molar-refractivity contribution in [1.29, 1.82) is 0 Å². The van der Waals surface area contributed by atoms with E-state index in [2.05, 4.69) is 87.5 Å². The molecular formula is C36H44O2. The van der Waals surface area contributed by atoms with Gasteiger partial charge in [-0.05, 0) is 103 Å². The minimum absolute atomic E-state index is 0.0653. The van der Waals surface area contributed by atoms with Crippen molar-refractivity contribution in [2.45, 2.75) is 90.3 Å². The number of allylic oxidation sites excluding steroid dienone is 1. The van der Waals surface area contributed by atoms with Crippen molar-refractivity contribution in [2.24, 2.45) is 40.4 Å². The highest BCUT2D eigenvalue weighted by atomic mass is 16.5. The molecule has 2 aromatic carbocycles. The molecule has 2 aromatic rings. The summed E-state index contributed by atoms with van der Waals surface area (Å²) >= 11 is 0. The van der Waals surface area contributed by atoms with Gasteiger partial charge in [0.25, 0.3) is 0 Å². The van der Waals surface area contributed by atoms with E-state index in [-0.39, 0.29) is 10.8 Å². The number of benzene rings is 2. The molecule has 0 radical (unpaired) electrons. The molecular weight excluding hydrogens is 464 g/mol. The van der Waals surface area contributed by atoms with Crippen LogP contribution in [0.3, 0.4) is 0 Å². The molecule has 38 heavy (non-hydrogen) atoms. The van der Waals surface area contributed by atoms with Crippen molar-refractivity contribution in [1.82, 2.24) is 0 Å². The largest absolute Gasteiger partial charge is 0.363 e. The van der Waals surface area contributed by atoms with E-state index in [0.717, 1.165) is 19.3 Å². The second kappa shape index (κ2) is 8.91. The fourth-order valence-electron chi connectivity index (χ4n) is 10.3. The molecule has 4 aliphatic carbocycles. The maximum absolute atomic E-state index is 14.2. The standard InChI is InChI=1S/C36H44O2/c1-24(14-16-30(25-10-6-4-7-11-25)26-12-8-5-9-13-26)27-20-32-31-17-15-28-21-29-18-19-35(28,3)36(31,38-29)33(37)23-34(32,2)22-27/h4-13,16,24,27-29,31-32H,14-15,17-23H2,1-3H3/t24-,27-,28+,29+,31+,32+,34-,35+,36+/m0/s1. The summed E-state index contributed by atoms with van der Waals surface area (Å²) in [5.74, 6) is 3.48. The SMILES string of the molecule is C[C@@H](CC=C(c1ccccc1)c1ccccc1)[C@H]1C[C@@H]2[C@H]3CC[C@@H]4C[C@H]5CC[C@@]4(C)[C@]3(O5)C(=O)C[C@]2(C)C1. The number of carbonyl (C=O) groups is 1. The number of carbonyl (C=O) groups excluding carboxylic acids is 1. The summed E-state index contributed by atoms with van der Waals surface area (Å²) in [4.78, 5) is 14.2. The summed E-state index contributed by atoms with van der Waals surface area (Å²) in [5.41, 5.74) is 3.65. The van der Waals surface area contributed by atoms with Gasteiger partial charge in [0.05, 0.1) is 6.10 Å². The molecule has 2 nitrogen and oxygen atoms in total. The Balaban J connectivity index is 1.15. The second-order valence-electron chi connectivity index (χ2n) is 14.2. The van der Waals surface area contributed by atoms with Crippen LogP contribution >= 0.6 is 0 Å². The molecule has 6 aliphatic rings. The zero-order chi connectivity index (χ0) is 26.1. The Bertz CT molecular complexity index is 1190. The molecule has 2 heterocycles. The first kappa shape index (κ1) is 24.8. The molecule has 0 unspecified atom stereocenters. The van der Waals surface area contributed by atoms with Crippen molar-refractivity contribution in [3.05, 3.63) is 77.9 Å². The van der Waals surface area contributed by atoms with E-state index in [1.165, 1.54) is 55.2 Å². The lowest BCUT2D eigenvalue weighted by atomic mass is 9.41. The number of ether oxygens (including phenoxy) is 1. The van der Waals surface area contributed by atoms with Crippen LogP contribution in [-0.4, -0.2) is 17.5 Å². The minimum atomic E-state index is -0.479. The average molecular weight is 509 g/mol. The molecule has 1 spiro atoms. The van der Waals surface area contributed by atoms with Gasteiger partial charge in [-0.15, -0.1) is 0 Å². The third-order valence-corrected chi connectivity index (χ3v) is 12.3. The van der Waals surface area contributed by atoms with Crippen LogP contribution in [0.4, 0.5) is 0 Å². The van der Waals surface area contributed by atoms with Gasteiger partial charge in [0.2, 0.25) is 0 Å². The van der Waals surface area contributed by atoms with Gasteiger partial charge in [-0.1, -0.05) is 87.5 Å². The Morgan fingerprint density at radius 1 is 0.947 bits per heavy atom. The molecule has 0 N–H and O–H groups in total. The fourth-order valence-corrected chi connectivity index (χ4v) is 10.3. The van der Waals surface area contributed by atoms with Gasteiger partial charge in [0.15, 0.2) is 5.78 Å². The lowest BCUT2D eigenvalue weighted by molar-refractivity contribution is -0.306. The third kappa shape index (κ3) is 3.51. The summed E-state index contributed by atoms with van der Waals surface area (Å²) in [6.45, 7) is 7.36. The highest BCUT2D eigenvalue weighted by molar-refractivity contribution is 5.91. The van der Waals surface area contributed by atoms with E-state index in [9.17, 15) is 4.79 Å². The van der Waals surface area contributed by atoms with Gasteiger partial charge in [-0.2, -0.15) is 0 Å². The molecule has 0 aromatic heterocycles. The normalized spacial score (nSPS) is 41.8. The van der Waals surface area contributed by atoms with Crippen LogP contribution < -0.4 is 0 Å². The van der Waals surface area contributed by atoms with Crippen LogP contribution in [-0.2, 0) is 9.53 Å². The lowest BCUT2D eigenvalue weighted by Gasteiger charge is -2.70. The van der Waals surface area contributed by atoms with Gasteiger partial charge in [-0.3, -0.25) is 4.79 Å². The molecule has 9 atom stereocenters. The van der Waals surface area contributed by atoms with Gasteiger partial charge < -0.3 is 4.74 Å². The predicted molar refractivity (Wildman–Crippen MR) is 153 cm³/mol. The number of fused-ring (bicyclic) bond motifs is 3. The first-order valence-electron chi connectivity index (χ1n) is 15.4. The number of Topliss-reactive ketones (excluding diaryl/α,β-unsaturated/α-hetero) is 1. The van der Waals surface area contributed by atoms with Crippen molar-refractivity contribution in [2.75, 3.05) is 0 Å². The van der Waals surface area contributed by atoms with Crippen molar-refractivity contribution >= 4 is 11.4 Å². The van der Waals surface area contributed by atoms with Gasteiger partial charge in [-0.25, -0.2) is 0 Å². The smallest absolute Gasteiger partial charge is 0.166 e. The first-order valence-corrected chi connectivity index (χ1v) is 15.4. The quantitative estimate of drug-likeness (QED) is 0.405. The topological polar surface area (TPSA) is 26.3 Å². The Morgan fingerprint density at radius 3 is 2.32 bits per heavy atom. The second-order valence-corrected chi connectivity index (χ2v) is 14.2. The molecule has 6 fully saturated rings. The van der Waals surface area contributed by atoms with Crippen molar-refractivity contribution < 1.29 is 9.53 Å². The summed E-state index contributed by atoms with van der Waals surface area (Å²) in [6, 6.07) is 21.7. The van der Waals surface area contributed by atoms with Gasteiger partial charge in [0, 0.05) is 11.8 Å². The summed E-state index contributed by atoms with van der Waals surface area (Å²) < 4.78 is 6.93. The maximum atomic E-state index is 14.2. The van der Waals surface area contributed by atoms with Crippen LogP contribution in [0.25, 0.3) is 5.57 Å². The number of hydrogen-bond donors (Lipinski definition) is 0. The van der Waals surface area contributed by atoms with Gasteiger partial charge in [0.1, 0.15) is 5.60 Å². The maximum Gasteiger partial charge on any atom is 0.166 e. The zero-order valence-electron chi connectivity index (χ0n) is 23.5. The van der Waals surface area contributed by atoms with Crippen molar-refractivity contribution in [3.8, 4) is 0 Å². The van der Waals surface area contributed by atoms with Crippen LogP contribution in [0.2, 0.25) is 0 Å². The number of rotatable bonds is 5. The Hall–Kier alpha value is -2.19. The average Bonchev–Trinajstić information content (AvgIpc) is 3.27. The molecule has 2 heteroatoms. The van der Waals surface area contributed by atoms with Crippen LogP contribution in [0.5, 0.6) is 0 Å². The van der Waals surface area contributed by atoms with E-state index in [1.807, 2.05) is 0 Å². The Morgan fingerprint density at radius 2 is 1.63 bits per heavy atom. The minimum Gasteiger partial charge on any atom is -0.363 e. The van der Waals surface area contributed by atoms with Crippen LogP contribution in [0.15, 0.2) is 66.7 Å². The van der Waals surface area contributed by atoms with E-state index in [0.29, 0.717) is 41.5 Å². The highest BCUT2D eigenvalue weighted by Crippen LogP contribution is 2.72. The van der Waals surface area contributed by atoms with Gasteiger partial charge >= 0.3 is 0 Å². The van der Waals surface area contributed by atoms with E-state index >= 15 is 0 Å². The molecule has 2 aliphatic heterocycles. The van der Waals surface area contributed by atoms with E-state index in [4.69, 9.17) is 4.74 Å². The Labute approximate surface area is 229 Å². The third-order valence-electron chi connectivity index (χ3n) is 12.3.